The van der Waals surface area contributed by atoms with Crippen molar-refractivity contribution in [2.45, 2.75) is 0 Å². The molecule has 0 aliphatic carbocycles. The smallest absolute Gasteiger partial charge is 0.320 e. The van der Waals surface area contributed by atoms with Crippen LogP contribution in [0.15, 0.2) is 48.8 Å². The lowest BCUT2D eigenvalue weighted by atomic mass is 10.2. The topological polar surface area (TPSA) is 116 Å². The van der Waals surface area contributed by atoms with Crippen molar-refractivity contribution in [1.29, 1.82) is 0 Å². The van der Waals surface area contributed by atoms with E-state index in [0.29, 0.717) is 17.2 Å². The van der Waals surface area contributed by atoms with E-state index in [4.69, 9.17) is 0 Å². The number of anilines is 2. The lowest BCUT2D eigenvalue weighted by Crippen LogP contribution is -2.24. The molecule has 0 radical (unpaired) electrons. The third-order valence-corrected chi connectivity index (χ3v) is 3.83. The van der Waals surface area contributed by atoms with Crippen LogP contribution >= 0.6 is 0 Å². The van der Waals surface area contributed by atoms with Crippen molar-refractivity contribution in [1.82, 2.24) is 24.9 Å². The first-order valence-corrected chi connectivity index (χ1v) is 7.86. The number of aromatic amines is 1. The second-order valence-electron chi connectivity index (χ2n) is 5.59. The van der Waals surface area contributed by atoms with Gasteiger partial charge in [-0.2, -0.15) is 5.10 Å². The molecular formula is C17H15N7O2. The molecule has 130 valence electrons. The van der Waals surface area contributed by atoms with Gasteiger partial charge in [-0.05, 0) is 36.4 Å². The van der Waals surface area contributed by atoms with Crippen molar-refractivity contribution in [2.24, 2.45) is 0 Å². The van der Waals surface area contributed by atoms with Gasteiger partial charge in [0, 0.05) is 29.8 Å². The Labute approximate surface area is 147 Å². The molecule has 0 aliphatic heterocycles. The van der Waals surface area contributed by atoms with Crippen LogP contribution in [0.1, 0.15) is 10.5 Å². The molecule has 0 saturated heterocycles. The molecule has 4 aromatic rings. The maximum Gasteiger partial charge on any atom is 0.320 e. The fourth-order valence-corrected chi connectivity index (χ4v) is 2.57. The molecule has 0 bridgehead atoms. The Bertz CT molecular complexity index is 1130. The van der Waals surface area contributed by atoms with Crippen molar-refractivity contribution in [3.63, 3.8) is 0 Å². The molecule has 3 aromatic heterocycles. The molecule has 0 aliphatic rings. The number of fused-ring (bicyclic) bond motifs is 2. The first-order valence-electron chi connectivity index (χ1n) is 7.86. The van der Waals surface area contributed by atoms with E-state index in [0.717, 1.165) is 10.9 Å². The van der Waals surface area contributed by atoms with Crippen molar-refractivity contribution >= 4 is 40.0 Å². The molecular weight excluding hydrogens is 334 g/mol. The lowest BCUT2D eigenvalue weighted by Gasteiger charge is -2.05. The summed E-state index contributed by atoms with van der Waals surface area (Å²) in [5.41, 5.74) is 2.42. The van der Waals surface area contributed by atoms with Crippen LogP contribution in [0.4, 0.5) is 16.3 Å². The molecule has 1 aromatic carbocycles. The van der Waals surface area contributed by atoms with Gasteiger partial charge in [0.05, 0.1) is 6.20 Å². The van der Waals surface area contributed by atoms with Gasteiger partial charge in [-0.1, -0.05) is 0 Å². The molecule has 4 rings (SSSR count). The molecule has 0 saturated carbocycles. The first-order chi connectivity index (χ1) is 12.6. The molecule has 9 nitrogen and oxygen atoms in total. The van der Waals surface area contributed by atoms with E-state index in [-0.39, 0.29) is 17.6 Å². The van der Waals surface area contributed by atoms with Crippen molar-refractivity contribution in [2.75, 3.05) is 17.7 Å². The number of rotatable bonds is 3. The van der Waals surface area contributed by atoms with Gasteiger partial charge in [0.2, 0.25) is 0 Å². The number of hydrogen-bond acceptors (Lipinski definition) is 4. The van der Waals surface area contributed by atoms with Crippen LogP contribution < -0.4 is 16.0 Å². The normalized spacial score (nSPS) is 10.8. The number of H-pyrrole nitrogens is 1. The van der Waals surface area contributed by atoms with E-state index >= 15 is 0 Å². The van der Waals surface area contributed by atoms with E-state index in [1.807, 2.05) is 30.5 Å². The summed E-state index contributed by atoms with van der Waals surface area (Å²) in [6.45, 7) is 0. The summed E-state index contributed by atoms with van der Waals surface area (Å²) in [6, 6.07) is 10.4. The van der Waals surface area contributed by atoms with Gasteiger partial charge in [0.25, 0.3) is 5.91 Å². The summed E-state index contributed by atoms with van der Waals surface area (Å²) < 4.78 is 1.44. The summed E-state index contributed by atoms with van der Waals surface area (Å²) >= 11 is 0. The third kappa shape index (κ3) is 2.93. The highest BCUT2D eigenvalue weighted by atomic mass is 16.2. The van der Waals surface area contributed by atoms with Gasteiger partial charge in [0.15, 0.2) is 11.5 Å². The summed E-state index contributed by atoms with van der Waals surface area (Å²) in [6.07, 6.45) is 3.38. The van der Waals surface area contributed by atoms with Crippen LogP contribution in [-0.4, -0.2) is 38.6 Å². The average Bonchev–Trinajstić information content (AvgIpc) is 3.26. The predicted octanol–water partition coefficient (Wildman–Crippen LogP) is 2.21. The number of carbonyl (C=O) groups excluding carboxylic acids is 2. The van der Waals surface area contributed by atoms with Gasteiger partial charge in [-0.25, -0.2) is 14.3 Å². The van der Waals surface area contributed by atoms with Gasteiger partial charge in [-0.15, -0.1) is 0 Å². The molecule has 3 amide bonds. The molecule has 3 heterocycles. The minimum absolute atomic E-state index is 0.232. The average molecular weight is 349 g/mol. The second kappa shape index (κ2) is 6.20. The Morgan fingerprint density at radius 2 is 2.00 bits per heavy atom. The summed E-state index contributed by atoms with van der Waals surface area (Å²) in [5.74, 6) is 0.00335. The third-order valence-electron chi connectivity index (χ3n) is 3.83. The van der Waals surface area contributed by atoms with E-state index in [2.05, 4.69) is 31.0 Å². The zero-order valence-electron chi connectivity index (χ0n) is 13.8. The summed E-state index contributed by atoms with van der Waals surface area (Å²) in [5, 5.41) is 13.1. The van der Waals surface area contributed by atoms with Crippen LogP contribution in [0, 0.1) is 0 Å². The van der Waals surface area contributed by atoms with Crippen molar-refractivity contribution < 1.29 is 9.59 Å². The molecule has 0 atom stereocenters. The summed E-state index contributed by atoms with van der Waals surface area (Å²) in [4.78, 5) is 31.1. The Morgan fingerprint density at radius 3 is 2.85 bits per heavy atom. The van der Waals surface area contributed by atoms with Crippen LogP contribution in [-0.2, 0) is 0 Å². The largest absolute Gasteiger partial charge is 0.361 e. The monoisotopic (exact) mass is 349 g/mol. The number of nitrogens with zero attached hydrogens (tertiary/aromatic N) is 3. The number of hydrogen-bond donors (Lipinski definition) is 4. The summed E-state index contributed by atoms with van der Waals surface area (Å²) in [7, 11) is 1.51. The fraction of sp³-hybridized carbons (Fsp3) is 0.0588. The molecule has 9 heteroatoms. The number of imidazole rings is 1. The predicted molar refractivity (Wildman–Crippen MR) is 97.3 cm³/mol. The van der Waals surface area contributed by atoms with Gasteiger partial charge >= 0.3 is 6.03 Å². The first kappa shape index (κ1) is 15.6. The van der Waals surface area contributed by atoms with E-state index in [1.165, 1.54) is 17.8 Å². The Hall–Kier alpha value is -3.88. The Balaban J connectivity index is 1.56. The number of benzene rings is 1. The number of nitrogens with one attached hydrogen (secondary N) is 4. The number of aromatic nitrogens is 4. The maximum atomic E-state index is 12.5. The molecule has 4 N–H and O–H groups in total. The minimum Gasteiger partial charge on any atom is -0.361 e. The minimum atomic E-state index is -0.383. The van der Waals surface area contributed by atoms with Crippen LogP contribution in [0.3, 0.4) is 0 Å². The lowest BCUT2D eigenvalue weighted by molar-refractivity contribution is 0.102. The molecule has 0 spiro atoms. The van der Waals surface area contributed by atoms with Crippen LogP contribution in [0.25, 0.3) is 16.6 Å². The van der Waals surface area contributed by atoms with Crippen LogP contribution in [0.2, 0.25) is 0 Å². The number of carbonyl (C=O) groups is 2. The number of urea groups is 1. The fourth-order valence-electron chi connectivity index (χ4n) is 2.57. The van der Waals surface area contributed by atoms with Crippen LogP contribution in [0.5, 0.6) is 0 Å². The molecule has 0 fully saturated rings. The standard InChI is InChI=1S/C17H15N7O2/c1-18-17(26)22-14-9-24-15(21-14)5-4-13(23-24)16(25)20-11-2-3-12-10(8-11)6-7-19-12/h2-9,19H,1H3,(H,20,25)(H2,18,22,26). The van der Waals surface area contributed by atoms with E-state index in [9.17, 15) is 9.59 Å². The highest BCUT2D eigenvalue weighted by molar-refractivity contribution is 6.03. The van der Waals surface area contributed by atoms with Crippen molar-refractivity contribution in [3.05, 3.63) is 54.5 Å². The second-order valence-corrected chi connectivity index (χ2v) is 5.59. The molecule has 0 unspecified atom stereocenters. The maximum absolute atomic E-state index is 12.5. The highest BCUT2D eigenvalue weighted by Crippen LogP contribution is 2.18. The SMILES string of the molecule is CNC(=O)Nc1cn2nc(C(=O)Nc3ccc4[nH]ccc4c3)ccc2n1. The van der Waals surface area contributed by atoms with Gasteiger partial charge < -0.3 is 15.6 Å². The highest BCUT2D eigenvalue weighted by Gasteiger charge is 2.11. The van der Waals surface area contributed by atoms with E-state index in [1.54, 1.807) is 12.1 Å². The number of amides is 3. The zero-order valence-corrected chi connectivity index (χ0v) is 13.8. The quantitative estimate of drug-likeness (QED) is 0.454. The van der Waals surface area contributed by atoms with Gasteiger partial charge in [0.1, 0.15) is 5.69 Å². The zero-order chi connectivity index (χ0) is 18.1. The van der Waals surface area contributed by atoms with Gasteiger partial charge in [-0.3, -0.25) is 10.1 Å². The van der Waals surface area contributed by atoms with Crippen molar-refractivity contribution in [3.8, 4) is 0 Å². The molecule has 26 heavy (non-hydrogen) atoms. The Kier molecular flexibility index (Phi) is 3.73. The van der Waals surface area contributed by atoms with E-state index < -0.39 is 0 Å². The Morgan fingerprint density at radius 1 is 1.12 bits per heavy atom.